The Morgan fingerprint density at radius 3 is 1.10 bits per heavy atom. The van der Waals surface area contributed by atoms with Crippen molar-refractivity contribution in [2.45, 2.75) is 251 Å². The molecule has 1 N–H and O–H groups in total. The van der Waals surface area contributed by atoms with Gasteiger partial charge in [-0.2, -0.15) is 0 Å². The van der Waals surface area contributed by atoms with Gasteiger partial charge in [-0.05, 0) is 83.5 Å². The number of carbonyl (C=O) groups excluding carboxylic acids is 2. The number of hydrogen-bond acceptors (Lipinski definition) is 5. The maximum atomic E-state index is 12.3. The van der Waals surface area contributed by atoms with Crippen LogP contribution in [0.5, 0.6) is 0 Å². The summed E-state index contributed by atoms with van der Waals surface area (Å²) in [7, 11) is 0. The third-order valence-corrected chi connectivity index (χ3v) is 11.0. The van der Waals surface area contributed by atoms with E-state index in [0.29, 0.717) is 12.8 Å². The fourth-order valence-electron chi connectivity index (χ4n) is 7.17. The summed E-state index contributed by atoms with van der Waals surface area (Å²) in [5.41, 5.74) is 0. The van der Waals surface area contributed by atoms with Crippen molar-refractivity contribution in [1.29, 1.82) is 0 Å². The van der Waals surface area contributed by atoms with Crippen LogP contribution in [0.25, 0.3) is 0 Å². The predicted molar refractivity (Wildman–Crippen MR) is 260 cm³/mol. The first-order valence-corrected chi connectivity index (χ1v) is 25.5. The Morgan fingerprint density at radius 1 is 0.400 bits per heavy atom. The molecule has 5 nitrogen and oxygen atoms in total. The lowest BCUT2D eigenvalue weighted by Gasteiger charge is -2.15. The summed E-state index contributed by atoms with van der Waals surface area (Å²) in [5, 5.41) is 9.63. The van der Waals surface area contributed by atoms with Gasteiger partial charge in [-0.15, -0.1) is 0 Å². The average molecular weight is 837 g/mol. The number of unbranched alkanes of at least 4 members (excludes halogenated alkanes) is 26. The summed E-state index contributed by atoms with van der Waals surface area (Å²) in [5.74, 6) is -0.597. The van der Waals surface area contributed by atoms with Crippen LogP contribution in [0.3, 0.4) is 0 Å². The minimum absolute atomic E-state index is 0.0710. The number of rotatable bonds is 46. The first kappa shape index (κ1) is 57.3. The van der Waals surface area contributed by atoms with Crippen LogP contribution >= 0.6 is 0 Å². The van der Waals surface area contributed by atoms with E-state index in [2.05, 4.69) is 86.8 Å². The molecule has 0 saturated carbocycles. The first-order valence-electron chi connectivity index (χ1n) is 25.5. The Balaban J connectivity index is 3.53. The van der Waals surface area contributed by atoms with Crippen LogP contribution in [0.15, 0.2) is 72.9 Å². The van der Waals surface area contributed by atoms with E-state index in [4.69, 9.17) is 9.47 Å². The Kier molecular flexibility index (Phi) is 48.4. The highest BCUT2D eigenvalue weighted by atomic mass is 16.6. The monoisotopic (exact) mass is 837 g/mol. The molecule has 0 aliphatic carbocycles. The molecule has 0 rings (SSSR count). The molecule has 0 radical (unpaired) electrons. The summed E-state index contributed by atoms with van der Waals surface area (Å²) in [6.07, 6.45) is 68.5. The zero-order chi connectivity index (χ0) is 43.5. The van der Waals surface area contributed by atoms with Crippen molar-refractivity contribution in [3.8, 4) is 0 Å². The van der Waals surface area contributed by atoms with Crippen molar-refractivity contribution < 1.29 is 24.2 Å². The molecule has 0 amide bonds. The molecule has 346 valence electrons. The molecule has 0 aromatic rings. The Bertz CT molecular complexity index is 1080. The van der Waals surface area contributed by atoms with Gasteiger partial charge in [0, 0.05) is 12.8 Å². The fraction of sp³-hybridized carbons (Fsp3) is 0.745. The number of ether oxygens (including phenoxy) is 2. The van der Waals surface area contributed by atoms with Gasteiger partial charge < -0.3 is 14.6 Å². The third kappa shape index (κ3) is 48.0. The fourth-order valence-corrected chi connectivity index (χ4v) is 7.17. The van der Waals surface area contributed by atoms with Gasteiger partial charge in [0.05, 0.1) is 6.61 Å². The second-order valence-corrected chi connectivity index (χ2v) is 16.9. The van der Waals surface area contributed by atoms with E-state index in [1.807, 2.05) is 0 Å². The largest absolute Gasteiger partial charge is 0.462 e. The summed E-state index contributed by atoms with van der Waals surface area (Å²) in [6.45, 7) is 4.04. The lowest BCUT2D eigenvalue weighted by molar-refractivity contribution is -0.161. The summed E-state index contributed by atoms with van der Waals surface area (Å²) in [4.78, 5) is 24.5. The Hall–Kier alpha value is -2.66. The number of esters is 2. The molecule has 5 heteroatoms. The standard InChI is InChI=1S/C55H96O5/c1-3-5-7-9-11-13-15-17-19-21-23-25-26-27-28-30-32-34-36-38-40-42-44-46-48-50-55(58)60-53(51-56)52-59-54(57)49-47-45-43-41-39-37-35-33-31-29-24-22-20-18-16-14-12-10-8-6-4-2/h5,7,11,13,17,19,22-25,27-28,53,56H,3-4,6,8-10,12,14-16,18,20-21,26,29-52H2,1-2H3/b7-5-,13-11-,19-17-,24-22-,25-23-,28-27-. The summed E-state index contributed by atoms with van der Waals surface area (Å²) >= 11 is 0. The zero-order valence-electron chi connectivity index (χ0n) is 39.5. The Morgan fingerprint density at radius 2 is 0.717 bits per heavy atom. The van der Waals surface area contributed by atoms with Gasteiger partial charge >= 0.3 is 11.9 Å². The van der Waals surface area contributed by atoms with E-state index in [1.54, 1.807) is 0 Å². The molecule has 0 bridgehead atoms. The zero-order valence-corrected chi connectivity index (χ0v) is 39.5. The highest BCUT2D eigenvalue weighted by molar-refractivity contribution is 5.70. The van der Waals surface area contributed by atoms with Crippen molar-refractivity contribution in [3.63, 3.8) is 0 Å². The van der Waals surface area contributed by atoms with Crippen LogP contribution in [0.1, 0.15) is 245 Å². The normalized spacial score (nSPS) is 12.8. The van der Waals surface area contributed by atoms with Crippen LogP contribution in [0, 0.1) is 0 Å². The minimum atomic E-state index is -0.779. The van der Waals surface area contributed by atoms with Gasteiger partial charge in [-0.3, -0.25) is 9.59 Å². The van der Waals surface area contributed by atoms with E-state index in [1.165, 1.54) is 148 Å². The maximum absolute atomic E-state index is 12.3. The molecule has 0 heterocycles. The third-order valence-electron chi connectivity index (χ3n) is 11.0. The molecular weight excluding hydrogens is 741 g/mol. The lowest BCUT2D eigenvalue weighted by atomic mass is 10.1. The second-order valence-electron chi connectivity index (χ2n) is 16.9. The predicted octanol–water partition coefficient (Wildman–Crippen LogP) is 16.9. The van der Waals surface area contributed by atoms with Crippen molar-refractivity contribution in [3.05, 3.63) is 72.9 Å². The van der Waals surface area contributed by atoms with E-state index < -0.39 is 6.10 Å². The maximum Gasteiger partial charge on any atom is 0.306 e. The van der Waals surface area contributed by atoms with Crippen LogP contribution < -0.4 is 0 Å². The Labute approximate surface area is 372 Å². The van der Waals surface area contributed by atoms with Gasteiger partial charge in [0.2, 0.25) is 0 Å². The highest BCUT2D eigenvalue weighted by Crippen LogP contribution is 2.15. The molecule has 60 heavy (non-hydrogen) atoms. The summed E-state index contributed by atoms with van der Waals surface area (Å²) < 4.78 is 10.7. The average Bonchev–Trinajstić information content (AvgIpc) is 3.25. The molecule has 0 fully saturated rings. The molecule has 1 unspecified atom stereocenters. The topological polar surface area (TPSA) is 72.8 Å². The van der Waals surface area contributed by atoms with E-state index in [-0.39, 0.29) is 25.2 Å². The molecule has 0 aliphatic rings. The van der Waals surface area contributed by atoms with Crippen LogP contribution in [-0.4, -0.2) is 36.4 Å². The number of carbonyl (C=O) groups is 2. The smallest absolute Gasteiger partial charge is 0.306 e. The number of hydrogen-bond donors (Lipinski definition) is 1. The van der Waals surface area contributed by atoms with Gasteiger partial charge in [-0.1, -0.05) is 222 Å². The van der Waals surface area contributed by atoms with Crippen LogP contribution in [0.4, 0.5) is 0 Å². The number of aliphatic hydroxyl groups excluding tert-OH is 1. The SMILES string of the molecule is CC/C=C\C/C=C\C/C=C\C/C=C\C/C=C\CCCCCCCCCCCC(=O)OC(CO)COC(=O)CCCCCCCCCCC/C=C\CCCCCCCCCC. The van der Waals surface area contributed by atoms with Crippen molar-refractivity contribution in [2.75, 3.05) is 13.2 Å². The molecule has 0 aromatic heterocycles. The number of aliphatic hydroxyl groups is 1. The van der Waals surface area contributed by atoms with Crippen molar-refractivity contribution >= 4 is 11.9 Å². The molecular formula is C55H96O5. The molecule has 0 spiro atoms. The van der Waals surface area contributed by atoms with Crippen molar-refractivity contribution in [1.82, 2.24) is 0 Å². The quantitative estimate of drug-likeness (QED) is 0.0376. The molecule has 0 aliphatic heterocycles. The highest BCUT2D eigenvalue weighted by Gasteiger charge is 2.16. The minimum Gasteiger partial charge on any atom is -0.462 e. The van der Waals surface area contributed by atoms with Crippen LogP contribution in [-0.2, 0) is 19.1 Å². The van der Waals surface area contributed by atoms with E-state index in [9.17, 15) is 14.7 Å². The van der Waals surface area contributed by atoms with Crippen molar-refractivity contribution in [2.24, 2.45) is 0 Å². The molecule has 0 aromatic carbocycles. The molecule has 0 saturated heterocycles. The van der Waals surface area contributed by atoms with Gasteiger partial charge in [0.15, 0.2) is 6.10 Å². The van der Waals surface area contributed by atoms with E-state index >= 15 is 0 Å². The van der Waals surface area contributed by atoms with Gasteiger partial charge in [0.1, 0.15) is 6.61 Å². The van der Waals surface area contributed by atoms with Crippen LogP contribution in [0.2, 0.25) is 0 Å². The van der Waals surface area contributed by atoms with E-state index in [0.717, 1.165) is 70.6 Å². The summed E-state index contributed by atoms with van der Waals surface area (Å²) in [6, 6.07) is 0. The lowest BCUT2D eigenvalue weighted by Crippen LogP contribution is -2.28. The second kappa shape index (κ2) is 50.7. The first-order chi connectivity index (χ1) is 29.6. The van der Waals surface area contributed by atoms with Gasteiger partial charge in [-0.25, -0.2) is 0 Å². The number of allylic oxidation sites excluding steroid dienone is 12. The molecule has 1 atom stereocenters. The van der Waals surface area contributed by atoms with Gasteiger partial charge in [0.25, 0.3) is 0 Å².